The van der Waals surface area contributed by atoms with Crippen molar-refractivity contribution in [3.05, 3.63) is 53.2 Å². The van der Waals surface area contributed by atoms with Crippen molar-refractivity contribution < 1.29 is 8.78 Å². The quantitative estimate of drug-likeness (QED) is 0.891. The molecule has 0 fully saturated rings. The van der Waals surface area contributed by atoms with E-state index in [1.165, 1.54) is 12.1 Å². The zero-order valence-corrected chi connectivity index (χ0v) is 10.6. The molecule has 5 heteroatoms. The highest BCUT2D eigenvalue weighted by atomic mass is 19.1. The number of aromatic nitrogens is 1. The molecule has 0 atom stereocenters. The zero-order chi connectivity index (χ0) is 13.8. The van der Waals surface area contributed by atoms with Gasteiger partial charge in [0.05, 0.1) is 11.9 Å². The van der Waals surface area contributed by atoms with Crippen molar-refractivity contribution in [1.82, 2.24) is 4.98 Å². The summed E-state index contributed by atoms with van der Waals surface area (Å²) in [6, 6.07) is 5.34. The fourth-order valence-corrected chi connectivity index (χ4v) is 1.86. The van der Waals surface area contributed by atoms with Crippen LogP contribution in [-0.4, -0.2) is 11.5 Å². The van der Waals surface area contributed by atoms with E-state index < -0.39 is 11.6 Å². The molecule has 2 aromatic rings. The second-order valence-corrected chi connectivity index (χ2v) is 4.39. The normalized spacial score (nSPS) is 10.5. The Morgan fingerprint density at radius 3 is 2.47 bits per heavy atom. The SMILES string of the molecule is Cc1cc(N)cnc1NCCc1cc(F)cc(F)c1. The number of aryl methyl sites for hydroxylation is 1. The first-order chi connectivity index (χ1) is 9.04. The molecule has 0 spiro atoms. The molecular weight excluding hydrogens is 248 g/mol. The second kappa shape index (κ2) is 5.65. The molecule has 0 unspecified atom stereocenters. The lowest BCUT2D eigenvalue weighted by Crippen LogP contribution is -2.08. The van der Waals surface area contributed by atoms with Gasteiger partial charge in [0.2, 0.25) is 0 Å². The van der Waals surface area contributed by atoms with Crippen LogP contribution in [0.1, 0.15) is 11.1 Å². The van der Waals surface area contributed by atoms with Crippen molar-refractivity contribution in [2.45, 2.75) is 13.3 Å². The number of hydrogen-bond donors (Lipinski definition) is 2. The van der Waals surface area contributed by atoms with Crippen LogP contribution >= 0.6 is 0 Å². The van der Waals surface area contributed by atoms with E-state index in [1.54, 1.807) is 6.20 Å². The molecule has 0 aliphatic carbocycles. The van der Waals surface area contributed by atoms with Gasteiger partial charge in [-0.1, -0.05) is 0 Å². The molecule has 3 N–H and O–H groups in total. The van der Waals surface area contributed by atoms with Gasteiger partial charge in [0.15, 0.2) is 0 Å². The third-order valence-corrected chi connectivity index (χ3v) is 2.73. The molecule has 1 aromatic carbocycles. The van der Waals surface area contributed by atoms with Crippen LogP contribution in [0.15, 0.2) is 30.5 Å². The van der Waals surface area contributed by atoms with Crippen LogP contribution in [-0.2, 0) is 6.42 Å². The fourth-order valence-electron chi connectivity index (χ4n) is 1.86. The highest BCUT2D eigenvalue weighted by molar-refractivity contribution is 5.50. The van der Waals surface area contributed by atoms with Gasteiger partial charge in [-0.25, -0.2) is 13.8 Å². The molecule has 0 bridgehead atoms. The van der Waals surface area contributed by atoms with Crippen LogP contribution in [0.25, 0.3) is 0 Å². The van der Waals surface area contributed by atoms with Crippen molar-refractivity contribution in [3.63, 3.8) is 0 Å². The van der Waals surface area contributed by atoms with Crippen LogP contribution in [0.5, 0.6) is 0 Å². The Balaban J connectivity index is 1.96. The van der Waals surface area contributed by atoms with Crippen LogP contribution in [0.2, 0.25) is 0 Å². The Labute approximate surface area is 110 Å². The lowest BCUT2D eigenvalue weighted by Gasteiger charge is -2.09. The van der Waals surface area contributed by atoms with E-state index in [-0.39, 0.29) is 0 Å². The van der Waals surface area contributed by atoms with Crippen molar-refractivity contribution in [2.24, 2.45) is 0 Å². The molecule has 1 heterocycles. The fraction of sp³-hybridized carbons (Fsp3) is 0.214. The smallest absolute Gasteiger partial charge is 0.129 e. The predicted octanol–water partition coefficient (Wildman–Crippen LogP) is 2.91. The number of nitrogens with one attached hydrogen (secondary N) is 1. The summed E-state index contributed by atoms with van der Waals surface area (Å²) in [7, 11) is 0. The molecule has 0 aliphatic rings. The Morgan fingerprint density at radius 2 is 1.84 bits per heavy atom. The molecular formula is C14H15F2N3. The molecule has 0 saturated heterocycles. The number of hydrogen-bond acceptors (Lipinski definition) is 3. The summed E-state index contributed by atoms with van der Waals surface area (Å²) >= 11 is 0. The maximum Gasteiger partial charge on any atom is 0.129 e. The monoisotopic (exact) mass is 263 g/mol. The number of nitrogens with zero attached hydrogens (tertiary/aromatic N) is 1. The van der Waals surface area contributed by atoms with Gasteiger partial charge in [0.1, 0.15) is 17.5 Å². The molecule has 100 valence electrons. The summed E-state index contributed by atoms with van der Waals surface area (Å²) in [5, 5.41) is 3.12. The van der Waals surface area contributed by atoms with Crippen molar-refractivity contribution in [3.8, 4) is 0 Å². The average Bonchev–Trinajstić information content (AvgIpc) is 2.30. The topological polar surface area (TPSA) is 50.9 Å². The number of benzene rings is 1. The summed E-state index contributed by atoms with van der Waals surface area (Å²) < 4.78 is 26.0. The summed E-state index contributed by atoms with van der Waals surface area (Å²) in [6.07, 6.45) is 2.08. The number of nitrogens with two attached hydrogens (primary N) is 1. The first-order valence-electron chi connectivity index (χ1n) is 5.95. The largest absolute Gasteiger partial charge is 0.397 e. The van der Waals surface area contributed by atoms with Gasteiger partial charge >= 0.3 is 0 Å². The highest BCUT2D eigenvalue weighted by Crippen LogP contribution is 2.14. The lowest BCUT2D eigenvalue weighted by molar-refractivity contribution is 0.580. The molecule has 0 saturated carbocycles. The standard InChI is InChI=1S/C14H15F2N3/c1-9-4-13(17)8-19-14(9)18-3-2-10-5-11(15)7-12(16)6-10/h4-8H,2-3,17H2,1H3,(H,18,19). The summed E-state index contributed by atoms with van der Waals surface area (Å²) in [4.78, 5) is 4.16. The molecule has 2 rings (SSSR count). The highest BCUT2D eigenvalue weighted by Gasteiger charge is 2.02. The first-order valence-corrected chi connectivity index (χ1v) is 5.95. The molecule has 0 radical (unpaired) electrons. The number of anilines is 2. The summed E-state index contributed by atoms with van der Waals surface area (Å²) in [5.41, 5.74) is 7.76. The van der Waals surface area contributed by atoms with E-state index >= 15 is 0 Å². The first kappa shape index (κ1) is 13.3. The van der Waals surface area contributed by atoms with E-state index in [0.29, 0.717) is 24.2 Å². The Hall–Kier alpha value is -2.17. The molecule has 1 aromatic heterocycles. The average molecular weight is 263 g/mol. The van der Waals surface area contributed by atoms with Crippen molar-refractivity contribution >= 4 is 11.5 Å². The van der Waals surface area contributed by atoms with Gasteiger partial charge in [-0.05, 0) is 42.7 Å². The van der Waals surface area contributed by atoms with E-state index in [2.05, 4.69) is 10.3 Å². The molecule has 3 nitrogen and oxygen atoms in total. The van der Waals surface area contributed by atoms with E-state index in [4.69, 9.17) is 5.73 Å². The minimum absolute atomic E-state index is 0.514. The maximum absolute atomic E-state index is 13.0. The van der Waals surface area contributed by atoms with Gasteiger partial charge in [0.25, 0.3) is 0 Å². The van der Waals surface area contributed by atoms with Crippen LogP contribution in [0.4, 0.5) is 20.3 Å². The summed E-state index contributed by atoms with van der Waals surface area (Å²) in [5.74, 6) is -0.389. The third-order valence-electron chi connectivity index (χ3n) is 2.73. The van der Waals surface area contributed by atoms with Crippen LogP contribution < -0.4 is 11.1 Å². The van der Waals surface area contributed by atoms with Gasteiger partial charge in [-0.2, -0.15) is 0 Å². The third kappa shape index (κ3) is 3.64. The molecule has 0 aliphatic heterocycles. The Kier molecular flexibility index (Phi) is 3.94. The Morgan fingerprint density at radius 1 is 1.16 bits per heavy atom. The zero-order valence-electron chi connectivity index (χ0n) is 10.6. The lowest BCUT2D eigenvalue weighted by atomic mass is 10.1. The van der Waals surface area contributed by atoms with Crippen molar-refractivity contribution in [1.29, 1.82) is 0 Å². The van der Waals surface area contributed by atoms with Gasteiger partial charge in [-0.15, -0.1) is 0 Å². The molecule has 19 heavy (non-hydrogen) atoms. The molecule has 0 amide bonds. The number of rotatable bonds is 4. The van der Waals surface area contributed by atoms with E-state index in [0.717, 1.165) is 17.4 Å². The minimum Gasteiger partial charge on any atom is -0.397 e. The van der Waals surface area contributed by atoms with Gasteiger partial charge in [-0.3, -0.25) is 0 Å². The minimum atomic E-state index is -0.559. The number of pyridine rings is 1. The van der Waals surface area contributed by atoms with Crippen molar-refractivity contribution in [2.75, 3.05) is 17.6 Å². The maximum atomic E-state index is 13.0. The van der Waals surface area contributed by atoms with Crippen LogP contribution in [0, 0.1) is 18.6 Å². The van der Waals surface area contributed by atoms with Gasteiger partial charge < -0.3 is 11.1 Å². The number of halogens is 2. The van der Waals surface area contributed by atoms with E-state index in [1.807, 2.05) is 13.0 Å². The van der Waals surface area contributed by atoms with Crippen LogP contribution in [0.3, 0.4) is 0 Å². The predicted molar refractivity (Wildman–Crippen MR) is 71.9 cm³/mol. The second-order valence-electron chi connectivity index (χ2n) is 4.39. The summed E-state index contributed by atoms with van der Waals surface area (Å²) in [6.45, 7) is 2.44. The van der Waals surface area contributed by atoms with Gasteiger partial charge in [0, 0.05) is 12.6 Å². The van der Waals surface area contributed by atoms with E-state index in [9.17, 15) is 8.78 Å². The Bertz CT molecular complexity index is 565. The number of nitrogen functional groups attached to an aromatic ring is 1.